The number of carbonyl (C=O) groups is 1. The second-order valence-electron chi connectivity index (χ2n) is 9.22. The molecule has 1 unspecified atom stereocenters. The minimum Gasteiger partial charge on any atom is -0.461 e. The number of ether oxygens (including phenoxy) is 3. The molecular weight excluding hydrogens is 585 g/mol. The number of esters is 1. The van der Waals surface area contributed by atoms with E-state index in [2.05, 4.69) is 26.0 Å². The van der Waals surface area contributed by atoms with Crippen molar-refractivity contribution < 1.29 is 32.6 Å². The molecule has 2 fully saturated rings. The fourth-order valence-electron chi connectivity index (χ4n) is 4.10. The number of rotatable bonds is 10. The van der Waals surface area contributed by atoms with E-state index < -0.39 is 43.5 Å². The van der Waals surface area contributed by atoms with E-state index >= 15 is 0 Å². The second-order valence-corrected chi connectivity index (χ2v) is 11.8. The van der Waals surface area contributed by atoms with Gasteiger partial charge in [0.15, 0.2) is 12.5 Å². The summed E-state index contributed by atoms with van der Waals surface area (Å²) in [7, 11) is -4.13. The Kier molecular flexibility index (Phi) is 9.61. The van der Waals surface area contributed by atoms with Crippen LogP contribution in [0.3, 0.4) is 0 Å². The van der Waals surface area contributed by atoms with Gasteiger partial charge in [-0.1, -0.05) is 22.4 Å². The van der Waals surface area contributed by atoms with Crippen molar-refractivity contribution in [2.45, 2.75) is 70.6 Å². The van der Waals surface area contributed by atoms with Gasteiger partial charge in [0.05, 0.1) is 6.61 Å². The van der Waals surface area contributed by atoms with E-state index in [0.29, 0.717) is 5.56 Å². The molecule has 4 rings (SSSR count). The SMILES string of the molecule is Cc1cn([C@H]2CO[C@@H](COP(=O)(N[C@@H](C)C(=O)OC3CCCCC3)Oc3ccc(Br)cc3)O2)c(=O)[nH]c1=O. The van der Waals surface area contributed by atoms with Crippen molar-refractivity contribution in [1.29, 1.82) is 0 Å². The summed E-state index contributed by atoms with van der Waals surface area (Å²) in [6.07, 6.45) is 4.13. The minimum absolute atomic E-state index is 0.00513. The van der Waals surface area contributed by atoms with Gasteiger partial charge in [-0.2, -0.15) is 5.09 Å². The summed E-state index contributed by atoms with van der Waals surface area (Å²) in [6, 6.07) is 5.61. The molecule has 2 aromatic rings. The Morgan fingerprint density at radius 2 is 1.95 bits per heavy atom. The molecule has 2 aliphatic rings. The fraction of sp³-hybridized carbons (Fsp3) is 0.542. The molecule has 12 nitrogen and oxygen atoms in total. The Morgan fingerprint density at radius 3 is 2.66 bits per heavy atom. The first kappa shape index (κ1) is 28.7. The summed E-state index contributed by atoms with van der Waals surface area (Å²) in [5.41, 5.74) is -0.802. The van der Waals surface area contributed by atoms with Crippen molar-refractivity contribution in [2.24, 2.45) is 0 Å². The van der Waals surface area contributed by atoms with Crippen LogP contribution in [0.4, 0.5) is 0 Å². The Hall–Kier alpha value is -2.28. The number of nitrogens with one attached hydrogen (secondary N) is 2. The zero-order chi connectivity index (χ0) is 27.3. The molecule has 1 aromatic carbocycles. The summed E-state index contributed by atoms with van der Waals surface area (Å²) < 4.78 is 43.9. The van der Waals surface area contributed by atoms with E-state index in [-0.39, 0.29) is 25.1 Å². The molecule has 4 atom stereocenters. The first-order valence-electron chi connectivity index (χ1n) is 12.4. The van der Waals surface area contributed by atoms with Gasteiger partial charge in [0.2, 0.25) is 0 Å². The lowest BCUT2D eigenvalue weighted by Crippen LogP contribution is -2.38. The van der Waals surface area contributed by atoms with Crippen molar-refractivity contribution in [3.63, 3.8) is 0 Å². The molecule has 0 radical (unpaired) electrons. The van der Waals surface area contributed by atoms with Crippen molar-refractivity contribution in [3.05, 3.63) is 61.3 Å². The molecule has 38 heavy (non-hydrogen) atoms. The van der Waals surface area contributed by atoms with Crippen molar-refractivity contribution >= 4 is 29.6 Å². The lowest BCUT2D eigenvalue weighted by molar-refractivity contribution is -0.152. The maximum absolute atomic E-state index is 13.7. The van der Waals surface area contributed by atoms with Crippen LogP contribution in [0.25, 0.3) is 0 Å². The quantitative estimate of drug-likeness (QED) is 0.300. The topological polar surface area (TPSA) is 147 Å². The van der Waals surface area contributed by atoms with Crippen LogP contribution in [0.15, 0.2) is 44.5 Å². The van der Waals surface area contributed by atoms with Crippen molar-refractivity contribution in [1.82, 2.24) is 14.6 Å². The summed E-state index contributed by atoms with van der Waals surface area (Å²) in [6.45, 7) is 2.75. The number of hydrogen-bond donors (Lipinski definition) is 2. The lowest BCUT2D eigenvalue weighted by Gasteiger charge is -2.26. The van der Waals surface area contributed by atoms with Gasteiger partial charge in [-0.25, -0.2) is 9.36 Å². The largest absolute Gasteiger partial charge is 0.461 e. The highest BCUT2D eigenvalue weighted by molar-refractivity contribution is 9.10. The first-order chi connectivity index (χ1) is 18.1. The van der Waals surface area contributed by atoms with E-state index in [9.17, 15) is 18.9 Å². The number of aromatic nitrogens is 2. The molecule has 0 bridgehead atoms. The molecule has 2 heterocycles. The number of H-pyrrole nitrogens is 1. The van der Waals surface area contributed by atoms with Crippen LogP contribution in [0.2, 0.25) is 0 Å². The Labute approximate surface area is 227 Å². The summed E-state index contributed by atoms with van der Waals surface area (Å²) in [5.74, 6) is -0.306. The van der Waals surface area contributed by atoms with Crippen LogP contribution in [-0.2, 0) is 28.1 Å². The third kappa shape index (κ3) is 7.64. The zero-order valence-electron chi connectivity index (χ0n) is 21.1. The third-order valence-corrected chi connectivity index (χ3v) is 8.32. The van der Waals surface area contributed by atoms with Gasteiger partial charge in [-0.05, 0) is 63.8 Å². The molecule has 1 saturated heterocycles. The van der Waals surface area contributed by atoms with Gasteiger partial charge < -0.3 is 18.7 Å². The molecule has 1 saturated carbocycles. The predicted octanol–water partition coefficient (Wildman–Crippen LogP) is 3.54. The molecule has 208 valence electrons. The van der Waals surface area contributed by atoms with E-state index in [1.807, 2.05) is 0 Å². The Morgan fingerprint density at radius 1 is 1.24 bits per heavy atom. The maximum atomic E-state index is 13.7. The Balaban J connectivity index is 1.41. The van der Waals surface area contributed by atoms with Crippen LogP contribution >= 0.6 is 23.7 Å². The van der Waals surface area contributed by atoms with Crippen molar-refractivity contribution in [2.75, 3.05) is 13.2 Å². The summed E-state index contributed by atoms with van der Waals surface area (Å²) >= 11 is 3.34. The molecule has 0 amide bonds. The smallest absolute Gasteiger partial charge is 0.459 e. The first-order valence-corrected chi connectivity index (χ1v) is 14.7. The van der Waals surface area contributed by atoms with Gasteiger partial charge in [0, 0.05) is 16.2 Å². The minimum atomic E-state index is -4.13. The number of aromatic amines is 1. The highest BCUT2D eigenvalue weighted by Crippen LogP contribution is 2.45. The van der Waals surface area contributed by atoms with Crippen LogP contribution in [-0.4, -0.2) is 47.2 Å². The van der Waals surface area contributed by atoms with E-state index in [0.717, 1.165) is 36.6 Å². The molecule has 2 N–H and O–H groups in total. The van der Waals surface area contributed by atoms with Gasteiger partial charge in [0.25, 0.3) is 5.56 Å². The number of carbonyl (C=O) groups excluding carboxylic acids is 1. The molecule has 1 aliphatic carbocycles. The summed E-state index contributed by atoms with van der Waals surface area (Å²) in [5, 5.41) is 2.65. The highest BCUT2D eigenvalue weighted by atomic mass is 79.9. The van der Waals surface area contributed by atoms with Crippen LogP contribution in [0.5, 0.6) is 5.75 Å². The maximum Gasteiger partial charge on any atom is 0.459 e. The number of benzene rings is 1. The number of hydrogen-bond acceptors (Lipinski definition) is 9. The van der Waals surface area contributed by atoms with E-state index in [1.54, 1.807) is 31.2 Å². The normalized spacial score (nSPS) is 22.5. The number of halogens is 1. The standard InChI is InChI=1S/C24H31BrN3O9P/c1-15-12-28(24(31)26-22(15)29)20-13-33-21(36-20)14-34-38(32,37-19-10-8-17(25)9-11-19)27-16(2)23(30)35-18-6-4-3-5-7-18/h8-12,16,18,20-21H,3-7,13-14H2,1-2H3,(H,27,32)(H,26,29,31)/t16-,20+,21+,38?/m0/s1. The monoisotopic (exact) mass is 615 g/mol. The molecule has 1 aromatic heterocycles. The van der Waals surface area contributed by atoms with Crippen molar-refractivity contribution in [3.8, 4) is 5.75 Å². The highest BCUT2D eigenvalue weighted by Gasteiger charge is 2.36. The lowest BCUT2D eigenvalue weighted by atomic mass is 9.98. The molecule has 0 spiro atoms. The van der Waals surface area contributed by atoms with Crippen LogP contribution < -0.4 is 20.9 Å². The zero-order valence-corrected chi connectivity index (χ0v) is 23.6. The summed E-state index contributed by atoms with van der Waals surface area (Å²) in [4.78, 5) is 38.7. The number of nitrogens with zero attached hydrogens (tertiary/aromatic N) is 1. The van der Waals surface area contributed by atoms with E-state index in [1.165, 1.54) is 17.7 Å². The Bertz CT molecular complexity index is 1280. The second kappa shape index (κ2) is 12.7. The van der Waals surface area contributed by atoms with Gasteiger partial charge in [0.1, 0.15) is 24.5 Å². The number of aryl methyl sites for hydroxylation is 1. The fourth-order valence-corrected chi connectivity index (χ4v) is 5.84. The van der Waals surface area contributed by atoms with E-state index in [4.69, 9.17) is 23.3 Å². The average Bonchev–Trinajstić information content (AvgIpc) is 3.36. The predicted molar refractivity (Wildman–Crippen MR) is 140 cm³/mol. The van der Waals surface area contributed by atoms with Gasteiger partial charge in [-0.15, -0.1) is 0 Å². The molecule has 1 aliphatic heterocycles. The van der Waals surface area contributed by atoms with Gasteiger partial charge >= 0.3 is 19.4 Å². The van der Waals surface area contributed by atoms with Gasteiger partial charge in [-0.3, -0.25) is 23.7 Å². The molecule has 14 heteroatoms. The average molecular weight is 616 g/mol. The van der Waals surface area contributed by atoms with Crippen LogP contribution in [0.1, 0.15) is 50.8 Å². The van der Waals surface area contributed by atoms with Crippen LogP contribution in [0, 0.1) is 6.92 Å². The molecular formula is C24H31BrN3O9P. The third-order valence-electron chi connectivity index (χ3n) is 6.15.